The third-order valence-electron chi connectivity index (χ3n) is 5.62. The van der Waals surface area contributed by atoms with E-state index in [9.17, 15) is 0 Å². The van der Waals surface area contributed by atoms with Crippen molar-refractivity contribution in [2.75, 3.05) is 0 Å². The van der Waals surface area contributed by atoms with E-state index in [-0.39, 0.29) is 0 Å². The number of pyridine rings is 1. The number of benzene rings is 4. The first kappa shape index (κ1) is 16.1. The van der Waals surface area contributed by atoms with Gasteiger partial charge in [-0.15, -0.1) is 0 Å². The maximum Gasteiger partial charge on any atom is 0.0737 e. The molecular formula is C27H18N2. The maximum absolute atomic E-state index is 5.03. The Morgan fingerprint density at radius 2 is 1.28 bits per heavy atom. The molecule has 0 bridgehead atoms. The summed E-state index contributed by atoms with van der Waals surface area (Å²) in [6, 6.07) is 36.1. The fourth-order valence-electron chi connectivity index (χ4n) is 4.26. The Morgan fingerprint density at radius 3 is 2.17 bits per heavy atom. The zero-order valence-electron chi connectivity index (χ0n) is 15.8. The smallest absolute Gasteiger partial charge is 0.0737 e. The van der Waals surface area contributed by atoms with Crippen molar-refractivity contribution in [1.29, 1.82) is 0 Å². The van der Waals surface area contributed by atoms with Gasteiger partial charge in [-0.2, -0.15) is 0 Å². The van der Waals surface area contributed by atoms with Gasteiger partial charge in [0.2, 0.25) is 0 Å². The van der Waals surface area contributed by atoms with E-state index in [0.29, 0.717) is 0 Å². The highest BCUT2D eigenvalue weighted by Crippen LogP contribution is 2.36. The van der Waals surface area contributed by atoms with E-state index in [1.807, 2.05) is 0 Å². The molecule has 2 heterocycles. The zero-order chi connectivity index (χ0) is 19.2. The molecule has 1 N–H and O–H groups in total. The van der Waals surface area contributed by atoms with Crippen molar-refractivity contribution >= 4 is 32.7 Å². The largest absolute Gasteiger partial charge is 0.354 e. The number of hydrogen-bond donors (Lipinski definition) is 1. The molecule has 0 aliphatic rings. The van der Waals surface area contributed by atoms with E-state index in [1.54, 1.807) is 0 Å². The average Bonchev–Trinajstić information content (AvgIpc) is 3.18. The van der Waals surface area contributed by atoms with E-state index in [0.717, 1.165) is 27.8 Å². The first-order valence-electron chi connectivity index (χ1n) is 9.83. The van der Waals surface area contributed by atoms with Gasteiger partial charge in [0.15, 0.2) is 0 Å². The van der Waals surface area contributed by atoms with Crippen molar-refractivity contribution in [3.63, 3.8) is 0 Å². The van der Waals surface area contributed by atoms with Crippen LogP contribution in [0, 0.1) is 0 Å². The van der Waals surface area contributed by atoms with Crippen LogP contribution in [0.4, 0.5) is 0 Å². The van der Waals surface area contributed by atoms with E-state index in [2.05, 4.69) is 108 Å². The number of aromatic nitrogens is 2. The Hall–Kier alpha value is -3.91. The van der Waals surface area contributed by atoms with Gasteiger partial charge in [-0.25, -0.2) is 4.98 Å². The Bertz CT molecular complexity index is 1490. The second-order valence-electron chi connectivity index (χ2n) is 7.34. The predicted octanol–water partition coefficient (Wildman–Crippen LogP) is 7.20. The van der Waals surface area contributed by atoms with Crippen LogP contribution in [-0.4, -0.2) is 9.97 Å². The average molecular weight is 370 g/mol. The van der Waals surface area contributed by atoms with Gasteiger partial charge < -0.3 is 4.98 Å². The molecule has 6 aromatic rings. The van der Waals surface area contributed by atoms with Gasteiger partial charge in [-0.05, 0) is 29.3 Å². The van der Waals surface area contributed by atoms with Crippen LogP contribution in [0.1, 0.15) is 0 Å². The van der Waals surface area contributed by atoms with Crippen molar-refractivity contribution in [2.24, 2.45) is 0 Å². The number of rotatable bonds is 2. The van der Waals surface area contributed by atoms with Gasteiger partial charge in [0.25, 0.3) is 0 Å². The van der Waals surface area contributed by atoms with E-state index in [4.69, 9.17) is 4.98 Å². The minimum atomic E-state index is 0.986. The summed E-state index contributed by atoms with van der Waals surface area (Å²) in [6.45, 7) is 0. The predicted molar refractivity (Wildman–Crippen MR) is 122 cm³/mol. The van der Waals surface area contributed by atoms with Crippen LogP contribution in [0.5, 0.6) is 0 Å². The SMILES string of the molecule is c1ccc(-c2cc(-c3cccc4c3[nH]c3ccccc34)nc3ccccc23)cc1. The second-order valence-corrected chi connectivity index (χ2v) is 7.34. The van der Waals surface area contributed by atoms with Crippen LogP contribution in [0.25, 0.3) is 55.1 Å². The number of hydrogen-bond acceptors (Lipinski definition) is 1. The van der Waals surface area contributed by atoms with Crippen molar-refractivity contribution in [1.82, 2.24) is 9.97 Å². The molecule has 136 valence electrons. The normalized spacial score (nSPS) is 11.4. The topological polar surface area (TPSA) is 28.7 Å². The molecular weight excluding hydrogens is 352 g/mol. The molecule has 6 rings (SSSR count). The van der Waals surface area contributed by atoms with Crippen molar-refractivity contribution in [3.8, 4) is 22.4 Å². The summed E-state index contributed by atoms with van der Waals surface area (Å²) in [5.74, 6) is 0. The molecule has 0 aliphatic carbocycles. The molecule has 0 fully saturated rings. The van der Waals surface area contributed by atoms with Gasteiger partial charge in [0, 0.05) is 27.2 Å². The third-order valence-corrected chi connectivity index (χ3v) is 5.62. The highest BCUT2D eigenvalue weighted by Gasteiger charge is 2.13. The number of aromatic amines is 1. The lowest BCUT2D eigenvalue weighted by Gasteiger charge is -2.11. The lowest BCUT2D eigenvalue weighted by molar-refractivity contribution is 1.40. The molecule has 2 heteroatoms. The highest BCUT2D eigenvalue weighted by atomic mass is 14.7. The monoisotopic (exact) mass is 370 g/mol. The van der Waals surface area contributed by atoms with Crippen LogP contribution in [0.2, 0.25) is 0 Å². The summed E-state index contributed by atoms with van der Waals surface area (Å²) in [5.41, 5.74) is 7.82. The number of para-hydroxylation sites is 3. The first-order chi connectivity index (χ1) is 14.4. The minimum absolute atomic E-state index is 0.986. The highest BCUT2D eigenvalue weighted by molar-refractivity contribution is 6.12. The van der Waals surface area contributed by atoms with Gasteiger partial charge in [0.1, 0.15) is 0 Å². The maximum atomic E-state index is 5.03. The van der Waals surface area contributed by atoms with Gasteiger partial charge >= 0.3 is 0 Å². The summed E-state index contributed by atoms with van der Waals surface area (Å²) in [5, 5.41) is 3.65. The Labute approximate surface area is 168 Å². The molecule has 0 radical (unpaired) electrons. The molecule has 29 heavy (non-hydrogen) atoms. The van der Waals surface area contributed by atoms with Gasteiger partial charge in [0.05, 0.1) is 16.7 Å². The Morgan fingerprint density at radius 1 is 0.552 bits per heavy atom. The van der Waals surface area contributed by atoms with Crippen LogP contribution < -0.4 is 0 Å². The summed E-state index contributed by atoms with van der Waals surface area (Å²) in [7, 11) is 0. The van der Waals surface area contributed by atoms with Crippen LogP contribution in [0.3, 0.4) is 0 Å². The molecule has 0 spiro atoms. The fourth-order valence-corrected chi connectivity index (χ4v) is 4.26. The summed E-state index contributed by atoms with van der Waals surface area (Å²) >= 11 is 0. The lowest BCUT2D eigenvalue weighted by atomic mass is 9.97. The molecule has 0 atom stereocenters. The molecule has 0 saturated heterocycles. The van der Waals surface area contributed by atoms with Crippen molar-refractivity contribution in [3.05, 3.63) is 103 Å². The number of nitrogens with one attached hydrogen (secondary N) is 1. The van der Waals surface area contributed by atoms with Gasteiger partial charge in [-0.3, -0.25) is 0 Å². The molecule has 2 aromatic heterocycles. The molecule has 0 unspecified atom stereocenters. The van der Waals surface area contributed by atoms with E-state index >= 15 is 0 Å². The molecule has 4 aromatic carbocycles. The first-order valence-corrected chi connectivity index (χ1v) is 9.83. The Kier molecular flexibility index (Phi) is 3.50. The van der Waals surface area contributed by atoms with E-state index < -0.39 is 0 Å². The summed E-state index contributed by atoms with van der Waals surface area (Å²) in [4.78, 5) is 8.64. The quantitative estimate of drug-likeness (QED) is 0.343. The van der Waals surface area contributed by atoms with E-state index in [1.165, 1.54) is 27.3 Å². The fraction of sp³-hybridized carbons (Fsp3) is 0. The molecule has 0 saturated carbocycles. The van der Waals surface area contributed by atoms with Crippen LogP contribution >= 0.6 is 0 Å². The van der Waals surface area contributed by atoms with Crippen molar-refractivity contribution < 1.29 is 0 Å². The zero-order valence-corrected chi connectivity index (χ0v) is 15.8. The third kappa shape index (κ3) is 2.54. The van der Waals surface area contributed by atoms with Crippen LogP contribution in [-0.2, 0) is 0 Å². The number of nitrogens with zero attached hydrogens (tertiary/aromatic N) is 1. The van der Waals surface area contributed by atoms with Crippen molar-refractivity contribution in [2.45, 2.75) is 0 Å². The summed E-state index contributed by atoms with van der Waals surface area (Å²) < 4.78 is 0. The number of H-pyrrole nitrogens is 1. The van der Waals surface area contributed by atoms with Crippen LogP contribution in [0.15, 0.2) is 103 Å². The number of fused-ring (bicyclic) bond motifs is 4. The Balaban J connectivity index is 1.69. The minimum Gasteiger partial charge on any atom is -0.354 e. The molecule has 0 amide bonds. The lowest BCUT2D eigenvalue weighted by Crippen LogP contribution is -1.90. The molecule has 0 aliphatic heterocycles. The summed E-state index contributed by atoms with van der Waals surface area (Å²) in [6.07, 6.45) is 0. The second kappa shape index (κ2) is 6.32. The molecule has 2 nitrogen and oxygen atoms in total. The standard InChI is InChI=1S/C27H18N2/c1-2-9-18(10-3-1)23-17-26(28-24-15-6-5-12-20(23)24)22-14-8-13-21-19-11-4-7-16-25(19)29-27(21)22/h1-17,29H. The van der Waals surface area contributed by atoms with Gasteiger partial charge in [-0.1, -0.05) is 84.9 Å².